The van der Waals surface area contributed by atoms with Crippen molar-refractivity contribution in [2.75, 3.05) is 7.11 Å². The summed E-state index contributed by atoms with van der Waals surface area (Å²) in [6.45, 7) is 3.60. The number of fused-ring (bicyclic) bond motifs is 1. The highest BCUT2D eigenvalue weighted by Crippen LogP contribution is 2.26. The van der Waals surface area contributed by atoms with Crippen LogP contribution in [0.15, 0.2) is 88.1 Å². The quantitative estimate of drug-likeness (QED) is 0.402. The predicted octanol–water partition coefficient (Wildman–Crippen LogP) is 5.11. The van der Waals surface area contributed by atoms with Crippen molar-refractivity contribution in [2.24, 2.45) is 0 Å². The Hall–Kier alpha value is -4.06. The summed E-state index contributed by atoms with van der Waals surface area (Å²) in [6.07, 6.45) is -0.723. The smallest absolute Gasteiger partial charge is 0.344 e. The summed E-state index contributed by atoms with van der Waals surface area (Å²) in [5.41, 5.74) is 2.15. The van der Waals surface area contributed by atoms with Crippen molar-refractivity contribution in [3.63, 3.8) is 0 Å². The molecule has 33 heavy (non-hydrogen) atoms. The molecule has 0 radical (unpaired) electrons. The van der Waals surface area contributed by atoms with Crippen molar-refractivity contribution in [1.82, 2.24) is 5.32 Å². The normalized spacial score (nSPS) is 12.7. The zero-order chi connectivity index (χ0) is 23.4. The van der Waals surface area contributed by atoms with Crippen LogP contribution in [-0.4, -0.2) is 19.1 Å². The Morgan fingerprint density at radius 3 is 2.30 bits per heavy atom. The average Bonchev–Trinajstić information content (AvgIpc) is 2.84. The second-order valence-corrected chi connectivity index (χ2v) is 7.78. The fraction of sp³-hybridized carbons (Fsp3) is 0.185. The van der Waals surface area contributed by atoms with E-state index in [-0.39, 0.29) is 11.9 Å². The second kappa shape index (κ2) is 9.61. The number of hydrogen-bond donors (Lipinski definition) is 1. The highest BCUT2D eigenvalue weighted by atomic mass is 16.5. The van der Waals surface area contributed by atoms with Crippen LogP contribution in [0.1, 0.15) is 25.5 Å². The van der Waals surface area contributed by atoms with E-state index in [0.29, 0.717) is 22.6 Å². The molecule has 2 atom stereocenters. The van der Waals surface area contributed by atoms with Crippen LogP contribution in [0.3, 0.4) is 0 Å². The number of amides is 1. The molecule has 3 aromatic carbocycles. The van der Waals surface area contributed by atoms with E-state index >= 15 is 0 Å². The molecule has 4 aromatic rings. The first kappa shape index (κ1) is 22.1. The molecule has 6 heteroatoms. The summed E-state index contributed by atoms with van der Waals surface area (Å²) in [4.78, 5) is 25.2. The Kier molecular flexibility index (Phi) is 6.45. The molecule has 1 N–H and O–H groups in total. The fourth-order valence-electron chi connectivity index (χ4n) is 3.55. The number of rotatable bonds is 7. The maximum atomic E-state index is 12.6. The summed E-state index contributed by atoms with van der Waals surface area (Å²) in [5, 5.41) is 3.70. The third-order valence-corrected chi connectivity index (χ3v) is 5.45. The van der Waals surface area contributed by atoms with E-state index in [1.807, 2.05) is 49.4 Å². The van der Waals surface area contributed by atoms with Gasteiger partial charge in [-0.05, 0) is 55.3 Å². The molecule has 1 heterocycles. The van der Waals surface area contributed by atoms with Gasteiger partial charge in [-0.1, -0.05) is 42.5 Å². The molecule has 1 unspecified atom stereocenters. The number of methoxy groups -OCH3 is 1. The maximum Gasteiger partial charge on any atom is 0.344 e. The topological polar surface area (TPSA) is 77.8 Å². The van der Waals surface area contributed by atoms with E-state index in [0.717, 1.165) is 16.5 Å². The minimum absolute atomic E-state index is 0.143. The van der Waals surface area contributed by atoms with Gasteiger partial charge in [0.15, 0.2) is 6.10 Å². The molecule has 1 aromatic heterocycles. The molecule has 0 aliphatic carbocycles. The summed E-state index contributed by atoms with van der Waals surface area (Å²) in [5.74, 6) is 0.919. The van der Waals surface area contributed by atoms with Crippen molar-refractivity contribution >= 4 is 16.9 Å². The van der Waals surface area contributed by atoms with Gasteiger partial charge in [-0.2, -0.15) is 0 Å². The molecular formula is C27H25NO5. The van der Waals surface area contributed by atoms with E-state index < -0.39 is 11.7 Å². The maximum absolute atomic E-state index is 12.6. The molecule has 0 bridgehead atoms. The van der Waals surface area contributed by atoms with Gasteiger partial charge < -0.3 is 19.2 Å². The van der Waals surface area contributed by atoms with Gasteiger partial charge in [-0.15, -0.1) is 0 Å². The molecule has 0 aliphatic heterocycles. The Labute approximate surface area is 191 Å². The number of benzene rings is 3. The van der Waals surface area contributed by atoms with Crippen LogP contribution in [0.25, 0.3) is 22.1 Å². The van der Waals surface area contributed by atoms with Crippen LogP contribution >= 0.6 is 0 Å². The number of carbonyl (C=O) groups excluding carboxylic acids is 1. The molecule has 0 fully saturated rings. The lowest BCUT2D eigenvalue weighted by Gasteiger charge is -2.19. The van der Waals surface area contributed by atoms with Gasteiger partial charge in [0.1, 0.15) is 17.1 Å². The molecule has 6 nitrogen and oxygen atoms in total. The first-order chi connectivity index (χ1) is 15.9. The SMILES string of the molecule is COc1ccc(-c2cc3ccc(O[C@H](C)C(=O)NC(C)c4ccccc4)cc3oc2=O)cc1. The summed E-state index contributed by atoms with van der Waals surface area (Å²) < 4.78 is 16.5. The number of carbonyl (C=O) groups is 1. The first-order valence-electron chi connectivity index (χ1n) is 10.7. The van der Waals surface area contributed by atoms with E-state index in [4.69, 9.17) is 13.9 Å². The predicted molar refractivity (Wildman–Crippen MR) is 128 cm³/mol. The molecule has 0 aliphatic rings. The van der Waals surface area contributed by atoms with Crippen LogP contribution < -0.4 is 20.4 Å². The van der Waals surface area contributed by atoms with Crippen LogP contribution in [0.5, 0.6) is 11.5 Å². The molecule has 0 spiro atoms. The van der Waals surface area contributed by atoms with Crippen molar-refractivity contribution in [2.45, 2.75) is 26.0 Å². The molecular weight excluding hydrogens is 418 g/mol. The number of hydrogen-bond acceptors (Lipinski definition) is 5. The van der Waals surface area contributed by atoms with Crippen molar-refractivity contribution in [3.05, 3.63) is 94.8 Å². The van der Waals surface area contributed by atoms with Gasteiger partial charge in [0.05, 0.1) is 18.7 Å². The Balaban J connectivity index is 1.49. The van der Waals surface area contributed by atoms with Crippen LogP contribution in [0, 0.1) is 0 Å². The summed E-state index contributed by atoms with van der Waals surface area (Å²) in [7, 11) is 1.59. The molecule has 0 saturated carbocycles. The van der Waals surface area contributed by atoms with Gasteiger partial charge in [0.25, 0.3) is 5.91 Å². The van der Waals surface area contributed by atoms with Crippen LogP contribution in [0.4, 0.5) is 0 Å². The molecule has 0 saturated heterocycles. The minimum atomic E-state index is -0.723. The Morgan fingerprint density at radius 2 is 1.61 bits per heavy atom. The fourth-order valence-corrected chi connectivity index (χ4v) is 3.55. The zero-order valence-electron chi connectivity index (χ0n) is 18.7. The van der Waals surface area contributed by atoms with Crippen molar-refractivity contribution in [3.8, 4) is 22.6 Å². The second-order valence-electron chi connectivity index (χ2n) is 7.78. The highest BCUT2D eigenvalue weighted by Gasteiger charge is 2.18. The van der Waals surface area contributed by atoms with E-state index in [1.54, 1.807) is 50.4 Å². The van der Waals surface area contributed by atoms with E-state index in [9.17, 15) is 9.59 Å². The zero-order valence-corrected chi connectivity index (χ0v) is 18.7. The monoisotopic (exact) mass is 443 g/mol. The van der Waals surface area contributed by atoms with Gasteiger partial charge in [0, 0.05) is 11.5 Å². The largest absolute Gasteiger partial charge is 0.497 e. The number of nitrogens with one attached hydrogen (secondary N) is 1. The standard InChI is InChI=1S/C27H25NO5/c1-17(19-7-5-4-6-8-19)28-26(29)18(2)32-23-14-11-21-15-24(27(30)33-25(21)16-23)20-9-12-22(31-3)13-10-20/h4-18H,1-3H3,(H,28,29)/t17?,18-/m1/s1. The molecule has 4 rings (SSSR count). The Bertz CT molecular complexity index is 1310. The van der Waals surface area contributed by atoms with Crippen molar-refractivity contribution < 1.29 is 18.7 Å². The summed E-state index contributed by atoms with van der Waals surface area (Å²) in [6, 6.07) is 23.7. The van der Waals surface area contributed by atoms with Crippen LogP contribution in [-0.2, 0) is 4.79 Å². The third kappa shape index (κ3) is 5.06. The van der Waals surface area contributed by atoms with Gasteiger partial charge in [-0.25, -0.2) is 4.79 Å². The van der Waals surface area contributed by atoms with Crippen molar-refractivity contribution in [1.29, 1.82) is 0 Å². The highest BCUT2D eigenvalue weighted by molar-refractivity contribution is 5.84. The lowest BCUT2D eigenvalue weighted by Crippen LogP contribution is -2.37. The van der Waals surface area contributed by atoms with Crippen LogP contribution in [0.2, 0.25) is 0 Å². The lowest BCUT2D eigenvalue weighted by molar-refractivity contribution is -0.127. The molecule has 1 amide bonds. The Morgan fingerprint density at radius 1 is 0.909 bits per heavy atom. The minimum Gasteiger partial charge on any atom is -0.497 e. The van der Waals surface area contributed by atoms with Gasteiger partial charge >= 0.3 is 5.63 Å². The van der Waals surface area contributed by atoms with Gasteiger partial charge in [-0.3, -0.25) is 4.79 Å². The van der Waals surface area contributed by atoms with Gasteiger partial charge in [0.2, 0.25) is 0 Å². The lowest BCUT2D eigenvalue weighted by atomic mass is 10.1. The average molecular weight is 443 g/mol. The number of ether oxygens (including phenoxy) is 2. The van der Waals surface area contributed by atoms with E-state index in [1.165, 1.54) is 0 Å². The van der Waals surface area contributed by atoms with E-state index in [2.05, 4.69) is 5.32 Å². The first-order valence-corrected chi connectivity index (χ1v) is 10.7. The third-order valence-electron chi connectivity index (χ3n) is 5.45. The molecule has 168 valence electrons. The summed E-state index contributed by atoms with van der Waals surface area (Å²) >= 11 is 0.